The number of sulfonamides is 1. The van der Waals surface area contributed by atoms with Crippen molar-refractivity contribution in [2.24, 2.45) is 0 Å². The predicted octanol–water partition coefficient (Wildman–Crippen LogP) is 5.47. The van der Waals surface area contributed by atoms with Crippen LogP contribution in [0.4, 0.5) is 0 Å². The van der Waals surface area contributed by atoms with Gasteiger partial charge in [-0.15, -0.1) is 6.58 Å². The van der Waals surface area contributed by atoms with E-state index in [1.165, 1.54) is 16.5 Å². The lowest BCUT2D eigenvalue weighted by atomic mass is 9.93. The summed E-state index contributed by atoms with van der Waals surface area (Å²) >= 11 is 0. The monoisotopic (exact) mass is 442 g/mol. The number of aromatic nitrogens is 1. The van der Waals surface area contributed by atoms with E-state index in [1.54, 1.807) is 16.4 Å². The number of hydrogen-bond acceptors (Lipinski definition) is 2. The fraction of sp³-hybridized carbons (Fsp3) is 0.185. The fourth-order valence-corrected chi connectivity index (χ4v) is 6.12. The zero-order valence-corrected chi connectivity index (χ0v) is 18.9. The van der Waals surface area contributed by atoms with E-state index < -0.39 is 10.0 Å². The molecule has 0 N–H and O–H groups in total. The Hall–Kier alpha value is -3.15. The summed E-state index contributed by atoms with van der Waals surface area (Å²) in [5, 5.41) is 1.18. The Bertz CT molecular complexity index is 1390. The second-order valence-electron chi connectivity index (χ2n) is 8.40. The molecule has 3 aromatic carbocycles. The highest BCUT2D eigenvalue weighted by molar-refractivity contribution is 7.89. The first-order valence-electron chi connectivity index (χ1n) is 10.8. The molecule has 0 unspecified atom stereocenters. The van der Waals surface area contributed by atoms with Gasteiger partial charge in [0.05, 0.1) is 11.4 Å². The van der Waals surface area contributed by atoms with Crippen LogP contribution in [-0.4, -0.2) is 23.8 Å². The first-order chi connectivity index (χ1) is 15.5. The SMILES string of the molecule is C=C[C@@H]1CN(S(=O)(=O)c2ccc(C)cc2)Cc2c1c1ccccc1n2Cc1ccccc1. The van der Waals surface area contributed by atoms with E-state index in [1.807, 2.05) is 55.5 Å². The number of rotatable bonds is 5. The summed E-state index contributed by atoms with van der Waals surface area (Å²) < 4.78 is 30.9. The average Bonchev–Trinajstić information content (AvgIpc) is 3.13. The van der Waals surface area contributed by atoms with Crippen LogP contribution in [0.15, 0.2) is 96.4 Å². The van der Waals surface area contributed by atoms with Crippen molar-refractivity contribution in [1.82, 2.24) is 8.87 Å². The molecule has 2 heterocycles. The molecule has 0 amide bonds. The number of hydrogen-bond donors (Lipinski definition) is 0. The van der Waals surface area contributed by atoms with Gasteiger partial charge in [-0.3, -0.25) is 0 Å². The van der Waals surface area contributed by atoms with Gasteiger partial charge in [-0.05, 0) is 36.2 Å². The van der Waals surface area contributed by atoms with Crippen molar-refractivity contribution in [2.45, 2.75) is 30.8 Å². The van der Waals surface area contributed by atoms with Crippen LogP contribution < -0.4 is 0 Å². The molecule has 0 aliphatic carbocycles. The van der Waals surface area contributed by atoms with Gasteiger partial charge >= 0.3 is 0 Å². The van der Waals surface area contributed by atoms with Crippen LogP contribution in [0, 0.1) is 6.92 Å². The van der Waals surface area contributed by atoms with E-state index >= 15 is 0 Å². The van der Waals surface area contributed by atoms with Gasteiger partial charge in [0.25, 0.3) is 0 Å². The molecule has 1 aromatic heterocycles. The van der Waals surface area contributed by atoms with Crippen molar-refractivity contribution in [1.29, 1.82) is 0 Å². The summed E-state index contributed by atoms with van der Waals surface area (Å²) in [4.78, 5) is 0.333. The minimum Gasteiger partial charge on any atom is -0.339 e. The van der Waals surface area contributed by atoms with E-state index in [9.17, 15) is 8.42 Å². The number of fused-ring (bicyclic) bond motifs is 3. The molecule has 5 rings (SSSR count). The lowest BCUT2D eigenvalue weighted by molar-refractivity contribution is 0.365. The van der Waals surface area contributed by atoms with E-state index in [-0.39, 0.29) is 5.92 Å². The third-order valence-electron chi connectivity index (χ3n) is 6.35. The molecule has 0 saturated carbocycles. The largest absolute Gasteiger partial charge is 0.339 e. The molecule has 1 atom stereocenters. The standard InChI is InChI=1S/C27H26N2O2S/c1-3-22-18-28(32(30,31)23-15-13-20(2)14-16-23)19-26-27(22)24-11-7-8-12-25(24)29(26)17-21-9-5-4-6-10-21/h3-16,22H,1,17-19H2,2H3/t22-/m1/s1. The fourth-order valence-electron chi connectivity index (χ4n) is 4.69. The molecule has 0 saturated heterocycles. The molecular formula is C27H26N2O2S. The Balaban J connectivity index is 1.65. The van der Waals surface area contributed by atoms with Crippen LogP contribution in [0.25, 0.3) is 10.9 Å². The molecule has 1 aliphatic rings. The summed E-state index contributed by atoms with van der Waals surface area (Å²) in [5.41, 5.74) is 5.59. The number of nitrogens with zero attached hydrogens (tertiary/aromatic N) is 2. The molecular weight excluding hydrogens is 416 g/mol. The molecule has 4 nitrogen and oxygen atoms in total. The minimum absolute atomic E-state index is 0.0686. The third-order valence-corrected chi connectivity index (χ3v) is 8.17. The summed E-state index contributed by atoms with van der Waals surface area (Å²) in [6, 6.07) is 25.7. The number of aryl methyl sites for hydroxylation is 1. The second kappa shape index (κ2) is 8.08. The Labute approximate surface area is 189 Å². The van der Waals surface area contributed by atoms with Gasteiger partial charge in [-0.2, -0.15) is 4.31 Å². The first-order valence-corrected chi connectivity index (χ1v) is 12.3. The van der Waals surface area contributed by atoms with Gasteiger partial charge in [-0.25, -0.2) is 8.42 Å². The Kier molecular flexibility index (Phi) is 5.24. The predicted molar refractivity (Wildman–Crippen MR) is 129 cm³/mol. The highest BCUT2D eigenvalue weighted by Crippen LogP contribution is 2.39. The van der Waals surface area contributed by atoms with E-state index in [2.05, 4.69) is 35.4 Å². The Morgan fingerprint density at radius 2 is 1.66 bits per heavy atom. The summed E-state index contributed by atoms with van der Waals surface area (Å²) in [5.74, 6) is -0.0686. The topological polar surface area (TPSA) is 42.3 Å². The van der Waals surface area contributed by atoms with Crippen molar-refractivity contribution in [3.8, 4) is 0 Å². The Morgan fingerprint density at radius 1 is 0.969 bits per heavy atom. The smallest absolute Gasteiger partial charge is 0.243 e. The normalized spacial score (nSPS) is 16.7. The van der Waals surface area contributed by atoms with Crippen molar-refractivity contribution < 1.29 is 8.42 Å². The van der Waals surface area contributed by atoms with Crippen LogP contribution in [0.5, 0.6) is 0 Å². The van der Waals surface area contributed by atoms with Crippen LogP contribution in [0.1, 0.15) is 28.3 Å². The molecule has 32 heavy (non-hydrogen) atoms. The van der Waals surface area contributed by atoms with E-state index in [4.69, 9.17) is 0 Å². The molecule has 0 radical (unpaired) electrons. The van der Waals surface area contributed by atoms with Gasteiger partial charge in [-0.1, -0.05) is 72.3 Å². The van der Waals surface area contributed by atoms with E-state index in [0.29, 0.717) is 24.5 Å². The molecule has 5 heteroatoms. The van der Waals surface area contributed by atoms with Crippen LogP contribution in [0.3, 0.4) is 0 Å². The molecule has 162 valence electrons. The van der Waals surface area contributed by atoms with Gasteiger partial charge in [0.15, 0.2) is 0 Å². The van der Waals surface area contributed by atoms with Gasteiger partial charge in [0.1, 0.15) is 0 Å². The zero-order chi connectivity index (χ0) is 22.3. The molecule has 4 aromatic rings. The van der Waals surface area contributed by atoms with Crippen molar-refractivity contribution >= 4 is 20.9 Å². The highest BCUT2D eigenvalue weighted by atomic mass is 32.2. The van der Waals surface area contributed by atoms with Crippen LogP contribution in [-0.2, 0) is 23.1 Å². The van der Waals surface area contributed by atoms with Crippen LogP contribution in [0.2, 0.25) is 0 Å². The van der Waals surface area contributed by atoms with Crippen molar-refractivity contribution in [3.63, 3.8) is 0 Å². The number of para-hydroxylation sites is 1. The maximum absolute atomic E-state index is 13.5. The minimum atomic E-state index is -3.62. The van der Waals surface area contributed by atoms with Crippen molar-refractivity contribution in [3.05, 3.63) is 114 Å². The maximum Gasteiger partial charge on any atom is 0.243 e. The van der Waals surface area contributed by atoms with Gasteiger partial charge in [0.2, 0.25) is 10.0 Å². The second-order valence-corrected chi connectivity index (χ2v) is 10.3. The maximum atomic E-state index is 13.5. The first kappa shape index (κ1) is 20.7. The van der Waals surface area contributed by atoms with E-state index in [0.717, 1.165) is 16.8 Å². The molecule has 0 fully saturated rings. The van der Waals surface area contributed by atoms with Gasteiger partial charge in [0, 0.05) is 35.6 Å². The lowest BCUT2D eigenvalue weighted by Gasteiger charge is -2.32. The summed E-state index contributed by atoms with van der Waals surface area (Å²) in [6.07, 6.45) is 1.88. The lowest BCUT2D eigenvalue weighted by Crippen LogP contribution is -2.38. The van der Waals surface area contributed by atoms with Crippen molar-refractivity contribution in [2.75, 3.05) is 6.54 Å². The molecule has 1 aliphatic heterocycles. The van der Waals surface area contributed by atoms with Crippen LogP contribution >= 0.6 is 0 Å². The summed E-state index contributed by atoms with van der Waals surface area (Å²) in [7, 11) is -3.62. The molecule has 0 bridgehead atoms. The number of benzene rings is 3. The average molecular weight is 443 g/mol. The Morgan fingerprint density at radius 3 is 2.38 bits per heavy atom. The quantitative estimate of drug-likeness (QED) is 0.385. The highest BCUT2D eigenvalue weighted by Gasteiger charge is 2.35. The third kappa shape index (κ3) is 3.48. The molecule has 0 spiro atoms. The summed E-state index contributed by atoms with van der Waals surface area (Å²) in [6.45, 7) is 7.44. The zero-order valence-electron chi connectivity index (χ0n) is 18.1. The van der Waals surface area contributed by atoms with Gasteiger partial charge < -0.3 is 4.57 Å².